The van der Waals surface area contributed by atoms with Gasteiger partial charge in [-0.3, -0.25) is 4.79 Å². The zero-order chi connectivity index (χ0) is 13.1. The van der Waals surface area contributed by atoms with Crippen LogP contribution in [0.4, 0.5) is 11.4 Å². The number of anilines is 2. The second kappa shape index (κ2) is 5.42. The molecule has 1 aliphatic rings. The van der Waals surface area contributed by atoms with Crippen LogP contribution in [0.1, 0.15) is 49.9 Å². The molecule has 2 rings (SSSR count). The monoisotopic (exact) mass is 246 g/mol. The Bertz CT molecular complexity index is 442. The zero-order valence-corrected chi connectivity index (χ0v) is 11.3. The lowest BCUT2D eigenvalue weighted by atomic mass is 9.98. The van der Waals surface area contributed by atoms with Crippen LogP contribution in [0.5, 0.6) is 0 Å². The van der Waals surface area contributed by atoms with Crippen molar-refractivity contribution >= 4 is 17.2 Å². The molecule has 1 unspecified atom stereocenters. The topological polar surface area (TPSA) is 46.3 Å². The Morgan fingerprint density at radius 3 is 2.89 bits per heavy atom. The predicted molar refractivity (Wildman–Crippen MR) is 76.1 cm³/mol. The Balaban J connectivity index is 2.32. The first-order valence-corrected chi connectivity index (χ1v) is 6.80. The number of Topliss-reactive ketones (excluding diaryl/α,β-unsaturated/α-hetero) is 1. The molecule has 3 nitrogen and oxygen atoms in total. The van der Waals surface area contributed by atoms with E-state index in [2.05, 4.69) is 11.8 Å². The maximum atomic E-state index is 11.6. The summed E-state index contributed by atoms with van der Waals surface area (Å²) in [7, 11) is 0. The minimum absolute atomic E-state index is 0.0411. The minimum Gasteiger partial charge on any atom is -0.398 e. The van der Waals surface area contributed by atoms with E-state index in [0.29, 0.717) is 17.3 Å². The van der Waals surface area contributed by atoms with E-state index in [4.69, 9.17) is 5.73 Å². The molecule has 0 aromatic heterocycles. The van der Waals surface area contributed by atoms with Gasteiger partial charge < -0.3 is 10.6 Å². The number of carbonyl (C=O) groups is 1. The van der Waals surface area contributed by atoms with E-state index in [9.17, 15) is 4.79 Å². The van der Waals surface area contributed by atoms with E-state index in [1.54, 1.807) is 6.92 Å². The van der Waals surface area contributed by atoms with Crippen LogP contribution in [0.3, 0.4) is 0 Å². The predicted octanol–water partition coefficient (Wildman–Crippen LogP) is 3.24. The number of hydrogen-bond acceptors (Lipinski definition) is 3. The Morgan fingerprint density at radius 1 is 1.44 bits per heavy atom. The van der Waals surface area contributed by atoms with Gasteiger partial charge in [-0.05, 0) is 50.8 Å². The van der Waals surface area contributed by atoms with Crippen molar-refractivity contribution in [2.24, 2.45) is 0 Å². The van der Waals surface area contributed by atoms with Crippen molar-refractivity contribution in [3.8, 4) is 0 Å². The van der Waals surface area contributed by atoms with Gasteiger partial charge in [0.15, 0.2) is 5.78 Å². The summed E-state index contributed by atoms with van der Waals surface area (Å²) in [4.78, 5) is 14.0. The van der Waals surface area contributed by atoms with E-state index in [-0.39, 0.29) is 5.78 Å². The van der Waals surface area contributed by atoms with E-state index in [1.165, 1.54) is 19.3 Å². The lowest BCUT2D eigenvalue weighted by molar-refractivity contribution is 0.101. The third-order valence-electron chi connectivity index (χ3n) is 3.85. The van der Waals surface area contributed by atoms with Crippen molar-refractivity contribution in [2.75, 3.05) is 17.2 Å². The van der Waals surface area contributed by atoms with Crippen molar-refractivity contribution in [3.63, 3.8) is 0 Å². The smallest absolute Gasteiger partial charge is 0.161 e. The number of benzene rings is 1. The van der Waals surface area contributed by atoms with Crippen molar-refractivity contribution in [1.29, 1.82) is 0 Å². The average molecular weight is 246 g/mol. The molecule has 1 atom stereocenters. The Labute approximate surface area is 109 Å². The largest absolute Gasteiger partial charge is 0.398 e. The van der Waals surface area contributed by atoms with Crippen LogP contribution in [-0.2, 0) is 0 Å². The summed E-state index contributed by atoms with van der Waals surface area (Å²) in [6.45, 7) is 4.88. The summed E-state index contributed by atoms with van der Waals surface area (Å²) in [6.07, 6.45) is 4.94. The van der Waals surface area contributed by atoms with E-state index in [1.807, 2.05) is 18.2 Å². The molecular weight excluding hydrogens is 224 g/mol. The molecule has 0 radical (unpaired) electrons. The molecule has 1 fully saturated rings. The summed E-state index contributed by atoms with van der Waals surface area (Å²) in [5.41, 5.74) is 8.21. The van der Waals surface area contributed by atoms with Crippen molar-refractivity contribution in [1.82, 2.24) is 0 Å². The summed E-state index contributed by atoms with van der Waals surface area (Å²) in [5, 5.41) is 0. The molecule has 0 spiro atoms. The van der Waals surface area contributed by atoms with Crippen LogP contribution in [0.15, 0.2) is 18.2 Å². The summed E-state index contributed by atoms with van der Waals surface area (Å²) >= 11 is 0. The number of piperidine rings is 1. The van der Waals surface area contributed by atoms with Gasteiger partial charge >= 0.3 is 0 Å². The van der Waals surface area contributed by atoms with Gasteiger partial charge in [-0.2, -0.15) is 0 Å². The minimum atomic E-state index is 0.0411. The van der Waals surface area contributed by atoms with Gasteiger partial charge in [-0.15, -0.1) is 0 Å². The third-order valence-corrected chi connectivity index (χ3v) is 3.85. The summed E-state index contributed by atoms with van der Waals surface area (Å²) in [6, 6.07) is 6.44. The maximum Gasteiger partial charge on any atom is 0.161 e. The number of rotatable bonds is 3. The fraction of sp³-hybridized carbons (Fsp3) is 0.533. The number of nitrogen functional groups attached to an aromatic ring is 1. The van der Waals surface area contributed by atoms with Gasteiger partial charge in [0, 0.05) is 29.5 Å². The van der Waals surface area contributed by atoms with Crippen LogP contribution in [-0.4, -0.2) is 18.4 Å². The van der Waals surface area contributed by atoms with Gasteiger partial charge in [0.2, 0.25) is 0 Å². The first-order valence-electron chi connectivity index (χ1n) is 6.80. The van der Waals surface area contributed by atoms with Gasteiger partial charge in [0.25, 0.3) is 0 Å². The van der Waals surface area contributed by atoms with Crippen LogP contribution < -0.4 is 10.6 Å². The molecule has 0 saturated carbocycles. The highest BCUT2D eigenvalue weighted by Gasteiger charge is 2.21. The molecule has 2 N–H and O–H groups in total. The number of nitrogens with zero attached hydrogens (tertiary/aromatic N) is 1. The highest BCUT2D eigenvalue weighted by Crippen LogP contribution is 2.29. The molecule has 0 bridgehead atoms. The highest BCUT2D eigenvalue weighted by atomic mass is 16.1. The molecule has 1 aliphatic heterocycles. The summed E-state index contributed by atoms with van der Waals surface area (Å²) < 4.78 is 0. The standard InChI is InChI=1S/C15H22N2O/c1-3-12-6-4-5-9-17(12)13-7-8-15(16)14(10-13)11(2)18/h7-8,10,12H,3-6,9,16H2,1-2H3. The molecule has 98 valence electrons. The highest BCUT2D eigenvalue weighted by molar-refractivity contribution is 6.00. The van der Waals surface area contributed by atoms with Crippen molar-refractivity contribution < 1.29 is 4.79 Å². The molecule has 0 aliphatic carbocycles. The second-order valence-electron chi connectivity index (χ2n) is 5.08. The lowest BCUT2D eigenvalue weighted by Gasteiger charge is -2.37. The van der Waals surface area contributed by atoms with Crippen molar-refractivity contribution in [3.05, 3.63) is 23.8 Å². The number of carbonyl (C=O) groups excluding carboxylic acids is 1. The number of ketones is 1. The number of nitrogens with two attached hydrogens (primary N) is 1. The molecule has 18 heavy (non-hydrogen) atoms. The molecule has 1 aromatic carbocycles. The van der Waals surface area contributed by atoms with Crippen molar-refractivity contribution in [2.45, 2.75) is 45.6 Å². The van der Waals surface area contributed by atoms with E-state index in [0.717, 1.165) is 18.7 Å². The molecule has 1 heterocycles. The fourth-order valence-corrected chi connectivity index (χ4v) is 2.79. The third kappa shape index (κ3) is 2.50. The average Bonchev–Trinajstić information content (AvgIpc) is 2.39. The van der Waals surface area contributed by atoms with Crippen LogP contribution in [0, 0.1) is 0 Å². The first-order chi connectivity index (χ1) is 8.63. The second-order valence-corrected chi connectivity index (χ2v) is 5.08. The molecule has 1 saturated heterocycles. The Morgan fingerprint density at radius 2 is 2.22 bits per heavy atom. The van der Waals surface area contributed by atoms with Gasteiger partial charge in [0.05, 0.1) is 0 Å². The zero-order valence-electron chi connectivity index (χ0n) is 11.3. The number of hydrogen-bond donors (Lipinski definition) is 1. The van der Waals surface area contributed by atoms with Crippen LogP contribution in [0.25, 0.3) is 0 Å². The van der Waals surface area contributed by atoms with Gasteiger partial charge in [0.1, 0.15) is 0 Å². The Kier molecular flexibility index (Phi) is 3.90. The van der Waals surface area contributed by atoms with Crippen LogP contribution >= 0.6 is 0 Å². The first kappa shape index (κ1) is 12.9. The molecule has 3 heteroatoms. The fourth-order valence-electron chi connectivity index (χ4n) is 2.79. The lowest BCUT2D eigenvalue weighted by Crippen LogP contribution is -2.39. The van der Waals surface area contributed by atoms with E-state index < -0.39 is 0 Å². The quantitative estimate of drug-likeness (QED) is 0.658. The SMILES string of the molecule is CCC1CCCCN1c1ccc(N)c(C(C)=O)c1. The van der Waals surface area contributed by atoms with Gasteiger partial charge in [-0.25, -0.2) is 0 Å². The maximum absolute atomic E-state index is 11.6. The van der Waals surface area contributed by atoms with Gasteiger partial charge in [-0.1, -0.05) is 6.92 Å². The molecule has 0 amide bonds. The Hall–Kier alpha value is -1.51. The molecular formula is C15H22N2O. The summed E-state index contributed by atoms with van der Waals surface area (Å²) in [5.74, 6) is 0.0411. The van der Waals surface area contributed by atoms with Crippen LogP contribution in [0.2, 0.25) is 0 Å². The van der Waals surface area contributed by atoms with E-state index >= 15 is 0 Å². The normalized spacial score (nSPS) is 19.9. The molecule has 1 aromatic rings.